The maximum atomic E-state index is 10.9. The highest BCUT2D eigenvalue weighted by Crippen LogP contribution is 2.32. The number of nitrogens with one attached hydrogen (secondary N) is 2. The zero-order valence-corrected chi connectivity index (χ0v) is 14.0. The molecule has 3 rings (SSSR count). The lowest BCUT2D eigenvalue weighted by atomic mass is 9.94. The zero-order valence-electron chi connectivity index (χ0n) is 13.2. The molecule has 0 saturated carbocycles. The molecule has 1 aliphatic rings. The van der Waals surface area contributed by atoms with Crippen LogP contribution in [0, 0.1) is 0 Å². The minimum Gasteiger partial charge on any atom is -0.496 e. The van der Waals surface area contributed by atoms with Crippen LogP contribution in [-0.4, -0.2) is 29.3 Å². The van der Waals surface area contributed by atoms with Crippen LogP contribution in [-0.2, 0) is 12.8 Å². The number of benzene rings is 2. The standard InChI is InChI=1S/C18H18N2O3S/c1-23-16-10-14-12(9-15(17(24)19-14)20-18(21)22)8-13(16)7-11-5-3-2-4-6-11/h2-6,8,10,15,20H,7,9H2,1H3,(H,19,24)(H,21,22)/t15-/m0/s1. The molecule has 0 spiro atoms. The van der Waals surface area contributed by atoms with Crippen molar-refractivity contribution < 1.29 is 14.6 Å². The fourth-order valence-electron chi connectivity index (χ4n) is 2.90. The highest BCUT2D eigenvalue weighted by atomic mass is 32.1. The van der Waals surface area contributed by atoms with Crippen molar-refractivity contribution >= 4 is 29.0 Å². The predicted molar refractivity (Wildman–Crippen MR) is 97.1 cm³/mol. The minimum atomic E-state index is -1.08. The summed E-state index contributed by atoms with van der Waals surface area (Å²) >= 11 is 5.26. The van der Waals surface area contributed by atoms with Crippen molar-refractivity contribution in [3.05, 3.63) is 59.2 Å². The van der Waals surface area contributed by atoms with Crippen molar-refractivity contribution in [1.29, 1.82) is 0 Å². The number of anilines is 1. The maximum Gasteiger partial charge on any atom is 0.405 e. The van der Waals surface area contributed by atoms with E-state index in [9.17, 15) is 4.79 Å². The molecule has 0 bridgehead atoms. The summed E-state index contributed by atoms with van der Waals surface area (Å²) in [7, 11) is 1.64. The summed E-state index contributed by atoms with van der Waals surface area (Å²) in [5.74, 6) is 0.789. The van der Waals surface area contributed by atoms with Gasteiger partial charge in [-0.15, -0.1) is 0 Å². The molecule has 2 aromatic carbocycles. The van der Waals surface area contributed by atoms with Crippen LogP contribution in [0.3, 0.4) is 0 Å². The smallest absolute Gasteiger partial charge is 0.405 e. The van der Waals surface area contributed by atoms with Crippen LogP contribution in [0.2, 0.25) is 0 Å². The van der Waals surface area contributed by atoms with Crippen LogP contribution in [0.4, 0.5) is 10.5 Å². The number of fused-ring (bicyclic) bond motifs is 1. The van der Waals surface area contributed by atoms with E-state index in [4.69, 9.17) is 22.1 Å². The van der Waals surface area contributed by atoms with Crippen molar-refractivity contribution in [2.45, 2.75) is 18.9 Å². The molecule has 0 fully saturated rings. The topological polar surface area (TPSA) is 70.6 Å². The molecule has 3 N–H and O–H groups in total. The van der Waals surface area contributed by atoms with E-state index in [0.717, 1.165) is 29.0 Å². The van der Waals surface area contributed by atoms with E-state index in [1.165, 1.54) is 5.56 Å². The summed E-state index contributed by atoms with van der Waals surface area (Å²) in [6.45, 7) is 0. The van der Waals surface area contributed by atoms with Crippen molar-refractivity contribution in [2.75, 3.05) is 12.4 Å². The van der Waals surface area contributed by atoms with Crippen LogP contribution in [0.1, 0.15) is 16.7 Å². The zero-order chi connectivity index (χ0) is 17.1. The molecule has 1 atom stereocenters. The average Bonchev–Trinajstić information content (AvgIpc) is 2.56. The van der Waals surface area contributed by atoms with Crippen LogP contribution in [0.25, 0.3) is 0 Å². The predicted octanol–water partition coefficient (Wildman–Crippen LogP) is 3.22. The Morgan fingerprint density at radius 1 is 1.38 bits per heavy atom. The molecule has 124 valence electrons. The number of methoxy groups -OCH3 is 1. The van der Waals surface area contributed by atoms with Gasteiger partial charge in [0.15, 0.2) is 0 Å². The van der Waals surface area contributed by atoms with Crippen molar-refractivity contribution in [3.8, 4) is 5.75 Å². The van der Waals surface area contributed by atoms with Crippen LogP contribution < -0.4 is 15.4 Å². The molecular formula is C18H18N2O3S. The first-order valence-corrected chi connectivity index (χ1v) is 8.01. The molecule has 0 radical (unpaired) electrons. The molecule has 6 heteroatoms. The van der Waals surface area contributed by atoms with Gasteiger partial charge in [0.1, 0.15) is 10.7 Å². The second kappa shape index (κ2) is 6.88. The molecule has 0 aromatic heterocycles. The number of hydrogen-bond donors (Lipinski definition) is 3. The largest absolute Gasteiger partial charge is 0.496 e. The molecule has 1 aliphatic heterocycles. The number of carbonyl (C=O) groups is 1. The second-order valence-electron chi connectivity index (χ2n) is 5.68. The lowest BCUT2D eigenvalue weighted by molar-refractivity contribution is 0.192. The van der Waals surface area contributed by atoms with Gasteiger partial charge in [-0.2, -0.15) is 0 Å². The normalized spacial score (nSPS) is 16.0. The summed E-state index contributed by atoms with van der Waals surface area (Å²) in [4.78, 5) is 11.4. The monoisotopic (exact) mass is 342 g/mol. The second-order valence-corrected chi connectivity index (χ2v) is 6.12. The van der Waals surface area contributed by atoms with Crippen molar-refractivity contribution in [3.63, 3.8) is 0 Å². The average molecular weight is 342 g/mol. The Balaban J connectivity index is 1.92. The van der Waals surface area contributed by atoms with Gasteiger partial charge in [0.2, 0.25) is 0 Å². The van der Waals surface area contributed by atoms with Crippen LogP contribution in [0.15, 0.2) is 42.5 Å². The molecule has 1 amide bonds. The summed E-state index contributed by atoms with van der Waals surface area (Å²) in [5, 5.41) is 14.5. The Kier molecular flexibility index (Phi) is 4.66. The van der Waals surface area contributed by atoms with Gasteiger partial charge in [-0.05, 0) is 22.8 Å². The van der Waals surface area contributed by atoms with Crippen LogP contribution >= 0.6 is 12.2 Å². The number of ether oxygens (including phenoxy) is 1. The van der Waals surface area contributed by atoms with E-state index in [1.807, 2.05) is 24.3 Å². The van der Waals surface area contributed by atoms with Gasteiger partial charge < -0.3 is 20.5 Å². The molecule has 0 aliphatic carbocycles. The van der Waals surface area contributed by atoms with Crippen molar-refractivity contribution in [1.82, 2.24) is 5.32 Å². The first-order valence-electron chi connectivity index (χ1n) is 7.61. The van der Waals surface area contributed by atoms with Gasteiger partial charge >= 0.3 is 6.09 Å². The third-order valence-electron chi connectivity index (χ3n) is 4.04. The molecule has 1 heterocycles. The molecule has 5 nitrogen and oxygen atoms in total. The number of thiocarbonyl (C=S) groups is 1. The number of carboxylic acid groups (broad SMARTS) is 1. The Hall–Kier alpha value is -2.60. The summed E-state index contributed by atoms with van der Waals surface area (Å²) < 4.78 is 5.52. The first-order chi connectivity index (χ1) is 11.6. The third kappa shape index (κ3) is 3.49. The first kappa shape index (κ1) is 16.3. The van der Waals surface area contributed by atoms with Gasteiger partial charge in [-0.25, -0.2) is 4.79 Å². The molecule has 2 aromatic rings. The fourth-order valence-corrected chi connectivity index (χ4v) is 3.16. The summed E-state index contributed by atoms with van der Waals surface area (Å²) in [6, 6.07) is 13.7. The minimum absolute atomic E-state index is 0.414. The summed E-state index contributed by atoms with van der Waals surface area (Å²) in [6.07, 6.45) is 0.198. The van der Waals surface area contributed by atoms with E-state index >= 15 is 0 Å². The van der Waals surface area contributed by atoms with Gasteiger partial charge in [0, 0.05) is 24.6 Å². The van der Waals surface area contributed by atoms with Gasteiger partial charge in [0.05, 0.1) is 13.2 Å². The summed E-state index contributed by atoms with van der Waals surface area (Å²) in [5.41, 5.74) is 4.15. The van der Waals surface area contributed by atoms with E-state index in [2.05, 4.69) is 28.8 Å². The maximum absolute atomic E-state index is 10.9. The number of amides is 1. The Labute approximate surface area is 145 Å². The number of hydrogen-bond acceptors (Lipinski definition) is 3. The van der Waals surface area contributed by atoms with Crippen molar-refractivity contribution in [2.24, 2.45) is 0 Å². The lowest BCUT2D eigenvalue weighted by Gasteiger charge is -2.28. The SMILES string of the molecule is COc1cc2c(cc1Cc1ccccc1)C[C@H](NC(=O)O)C(=S)N2. The Morgan fingerprint density at radius 3 is 2.79 bits per heavy atom. The van der Waals surface area contributed by atoms with Crippen LogP contribution in [0.5, 0.6) is 5.75 Å². The van der Waals surface area contributed by atoms with Gasteiger partial charge in [-0.1, -0.05) is 42.5 Å². The Bertz CT molecular complexity index is 777. The Morgan fingerprint density at radius 2 is 2.12 bits per heavy atom. The molecular weight excluding hydrogens is 324 g/mol. The molecule has 0 unspecified atom stereocenters. The van der Waals surface area contributed by atoms with E-state index in [-0.39, 0.29) is 0 Å². The van der Waals surface area contributed by atoms with E-state index < -0.39 is 12.1 Å². The third-order valence-corrected chi connectivity index (χ3v) is 4.43. The van der Waals surface area contributed by atoms with Gasteiger partial charge in [0.25, 0.3) is 0 Å². The quantitative estimate of drug-likeness (QED) is 0.744. The highest BCUT2D eigenvalue weighted by molar-refractivity contribution is 7.80. The van der Waals surface area contributed by atoms with Gasteiger partial charge in [-0.3, -0.25) is 0 Å². The molecule has 0 saturated heterocycles. The fraction of sp³-hybridized carbons (Fsp3) is 0.222. The number of rotatable bonds is 4. The highest BCUT2D eigenvalue weighted by Gasteiger charge is 2.25. The van der Waals surface area contributed by atoms with E-state index in [0.29, 0.717) is 11.4 Å². The lowest BCUT2D eigenvalue weighted by Crippen LogP contribution is -2.46. The van der Waals surface area contributed by atoms with E-state index in [1.54, 1.807) is 7.11 Å². The molecule has 24 heavy (non-hydrogen) atoms.